The zero-order valence-corrected chi connectivity index (χ0v) is 13.8. The standard InChI is InChI=1S/C16H13Cl2N3O3/c17-11-5-4-9(6-14(11)21(23)24)16(22)20-8-10(7-19)15-12(18)2-1-3-13(15)20/h1-6,8,23-24H,7,19H2. The molecule has 6 nitrogen and oxygen atoms in total. The Bertz CT molecular complexity index is 938. The van der Waals surface area contributed by atoms with Crippen LogP contribution in [0.5, 0.6) is 0 Å². The Morgan fingerprint density at radius 3 is 2.58 bits per heavy atom. The molecule has 0 spiro atoms. The highest BCUT2D eigenvalue weighted by atomic mass is 35.5. The smallest absolute Gasteiger partial charge is 0.262 e. The van der Waals surface area contributed by atoms with Gasteiger partial charge in [0.25, 0.3) is 5.91 Å². The van der Waals surface area contributed by atoms with Crippen molar-refractivity contribution in [1.82, 2.24) is 4.57 Å². The van der Waals surface area contributed by atoms with Crippen LogP contribution in [0.25, 0.3) is 10.9 Å². The molecule has 3 rings (SSSR count). The van der Waals surface area contributed by atoms with Gasteiger partial charge >= 0.3 is 0 Å². The summed E-state index contributed by atoms with van der Waals surface area (Å²) in [4.78, 5) is 12.8. The molecule has 124 valence electrons. The van der Waals surface area contributed by atoms with Crippen molar-refractivity contribution < 1.29 is 15.2 Å². The predicted molar refractivity (Wildman–Crippen MR) is 92.1 cm³/mol. The molecule has 0 unspecified atom stereocenters. The van der Waals surface area contributed by atoms with Gasteiger partial charge < -0.3 is 5.73 Å². The number of hydrogen-bond acceptors (Lipinski definition) is 5. The van der Waals surface area contributed by atoms with E-state index in [0.29, 0.717) is 10.5 Å². The minimum absolute atomic E-state index is 0.0969. The molecular weight excluding hydrogens is 353 g/mol. The summed E-state index contributed by atoms with van der Waals surface area (Å²) in [6.45, 7) is 0.230. The van der Waals surface area contributed by atoms with E-state index in [1.54, 1.807) is 24.4 Å². The molecule has 0 bridgehead atoms. The number of aromatic nitrogens is 1. The first kappa shape index (κ1) is 16.8. The van der Waals surface area contributed by atoms with Gasteiger partial charge in [0, 0.05) is 23.7 Å². The number of nitrogens with zero attached hydrogens (tertiary/aromatic N) is 2. The van der Waals surface area contributed by atoms with Gasteiger partial charge in [0.15, 0.2) is 0 Å². The first-order chi connectivity index (χ1) is 11.4. The number of benzene rings is 2. The number of rotatable bonds is 3. The predicted octanol–water partition coefficient (Wildman–Crippen LogP) is 3.68. The lowest BCUT2D eigenvalue weighted by molar-refractivity contribution is 0.0292. The minimum Gasteiger partial charge on any atom is -0.326 e. The third kappa shape index (κ3) is 2.75. The van der Waals surface area contributed by atoms with E-state index in [-0.39, 0.29) is 34.0 Å². The maximum absolute atomic E-state index is 12.8. The van der Waals surface area contributed by atoms with Crippen molar-refractivity contribution in [3.63, 3.8) is 0 Å². The molecular formula is C16H13Cl2N3O3. The molecule has 4 N–H and O–H groups in total. The van der Waals surface area contributed by atoms with Gasteiger partial charge in [-0.25, -0.2) is 0 Å². The molecule has 0 aliphatic rings. The summed E-state index contributed by atoms with van der Waals surface area (Å²) in [5, 5.41) is 19.6. The summed E-state index contributed by atoms with van der Waals surface area (Å²) >= 11 is 12.1. The van der Waals surface area contributed by atoms with Gasteiger partial charge in [0.05, 0.1) is 15.6 Å². The highest BCUT2D eigenvalue weighted by Crippen LogP contribution is 2.30. The molecule has 0 saturated heterocycles. The van der Waals surface area contributed by atoms with Gasteiger partial charge in [-0.2, -0.15) is 0 Å². The van der Waals surface area contributed by atoms with Crippen LogP contribution in [0.1, 0.15) is 15.9 Å². The average molecular weight is 366 g/mol. The second-order valence-electron chi connectivity index (χ2n) is 5.12. The molecule has 0 aliphatic carbocycles. The first-order valence-electron chi connectivity index (χ1n) is 6.94. The highest BCUT2D eigenvalue weighted by molar-refractivity contribution is 6.36. The maximum Gasteiger partial charge on any atom is 0.262 e. The van der Waals surface area contributed by atoms with Crippen molar-refractivity contribution in [3.8, 4) is 0 Å². The molecule has 2 aromatic carbocycles. The van der Waals surface area contributed by atoms with Gasteiger partial charge in [-0.15, -0.1) is 5.23 Å². The zero-order chi connectivity index (χ0) is 17.4. The normalized spacial score (nSPS) is 11.0. The van der Waals surface area contributed by atoms with Crippen LogP contribution in [0.3, 0.4) is 0 Å². The maximum atomic E-state index is 12.8. The number of nitrogens with two attached hydrogens (primary N) is 1. The van der Waals surface area contributed by atoms with Crippen molar-refractivity contribution in [2.75, 3.05) is 5.23 Å². The van der Waals surface area contributed by atoms with E-state index in [0.717, 1.165) is 10.9 Å². The number of carbonyl (C=O) groups excluding carboxylic acids is 1. The number of fused-ring (bicyclic) bond motifs is 1. The molecule has 0 fully saturated rings. The Balaban J connectivity index is 2.16. The van der Waals surface area contributed by atoms with Gasteiger partial charge in [0.1, 0.15) is 5.69 Å². The summed E-state index contributed by atoms with van der Waals surface area (Å²) in [6, 6.07) is 9.42. The van der Waals surface area contributed by atoms with Crippen LogP contribution in [0.2, 0.25) is 10.0 Å². The molecule has 0 amide bonds. The lowest BCUT2D eigenvalue weighted by atomic mass is 10.1. The van der Waals surface area contributed by atoms with Crippen molar-refractivity contribution in [1.29, 1.82) is 0 Å². The Kier molecular flexibility index (Phi) is 4.49. The molecule has 1 aromatic heterocycles. The van der Waals surface area contributed by atoms with Gasteiger partial charge in [-0.1, -0.05) is 29.3 Å². The van der Waals surface area contributed by atoms with Crippen LogP contribution in [-0.4, -0.2) is 20.9 Å². The summed E-state index contributed by atoms with van der Waals surface area (Å²) < 4.78 is 1.43. The summed E-state index contributed by atoms with van der Waals surface area (Å²) in [5.74, 6) is -0.373. The van der Waals surface area contributed by atoms with E-state index in [1.165, 1.54) is 22.8 Å². The fourth-order valence-corrected chi connectivity index (χ4v) is 3.07. The lowest BCUT2D eigenvalue weighted by Crippen LogP contribution is -2.15. The monoisotopic (exact) mass is 365 g/mol. The van der Waals surface area contributed by atoms with Crippen LogP contribution < -0.4 is 11.0 Å². The van der Waals surface area contributed by atoms with E-state index in [9.17, 15) is 15.2 Å². The number of hydrogen-bond donors (Lipinski definition) is 3. The largest absolute Gasteiger partial charge is 0.326 e. The molecule has 1 heterocycles. The third-order valence-electron chi connectivity index (χ3n) is 3.70. The van der Waals surface area contributed by atoms with E-state index in [1.807, 2.05) is 0 Å². The number of anilines is 1. The Hall–Kier alpha value is -2.09. The van der Waals surface area contributed by atoms with E-state index < -0.39 is 0 Å². The topological polar surface area (TPSA) is 91.7 Å². The second-order valence-corrected chi connectivity index (χ2v) is 5.94. The fraction of sp³-hybridized carbons (Fsp3) is 0.0625. The van der Waals surface area contributed by atoms with Crippen molar-refractivity contribution in [2.24, 2.45) is 5.73 Å². The first-order valence-corrected chi connectivity index (χ1v) is 7.70. The highest BCUT2D eigenvalue weighted by Gasteiger charge is 2.18. The van der Waals surface area contributed by atoms with Crippen molar-refractivity contribution in [2.45, 2.75) is 6.54 Å². The van der Waals surface area contributed by atoms with Crippen molar-refractivity contribution in [3.05, 3.63) is 63.8 Å². The van der Waals surface area contributed by atoms with Crippen molar-refractivity contribution >= 4 is 45.7 Å². The van der Waals surface area contributed by atoms with Gasteiger partial charge in [-0.05, 0) is 35.9 Å². The van der Waals surface area contributed by atoms with E-state index >= 15 is 0 Å². The molecule has 24 heavy (non-hydrogen) atoms. The molecule has 0 radical (unpaired) electrons. The van der Waals surface area contributed by atoms with Crippen LogP contribution in [-0.2, 0) is 6.54 Å². The molecule has 0 aliphatic heterocycles. The Labute approximate surface area is 147 Å². The molecule has 0 saturated carbocycles. The molecule has 3 aromatic rings. The average Bonchev–Trinajstić information content (AvgIpc) is 2.94. The van der Waals surface area contributed by atoms with Gasteiger partial charge in [0.2, 0.25) is 0 Å². The van der Waals surface area contributed by atoms with Crippen LogP contribution in [0.4, 0.5) is 5.69 Å². The zero-order valence-electron chi connectivity index (χ0n) is 12.3. The number of carbonyl (C=O) groups is 1. The van der Waals surface area contributed by atoms with Crippen LogP contribution >= 0.6 is 23.2 Å². The summed E-state index contributed by atoms with van der Waals surface area (Å²) in [6.07, 6.45) is 1.63. The summed E-state index contributed by atoms with van der Waals surface area (Å²) in [7, 11) is 0. The summed E-state index contributed by atoms with van der Waals surface area (Å²) in [5.41, 5.74) is 7.23. The van der Waals surface area contributed by atoms with Gasteiger partial charge in [-0.3, -0.25) is 19.8 Å². The SMILES string of the molecule is NCc1cn(C(=O)c2ccc(Cl)c(N(O)O)c2)c2cccc(Cl)c12. The fourth-order valence-electron chi connectivity index (χ4n) is 2.58. The second kappa shape index (κ2) is 6.43. The Morgan fingerprint density at radius 1 is 1.17 bits per heavy atom. The lowest BCUT2D eigenvalue weighted by Gasteiger charge is -2.12. The number of halogens is 2. The third-order valence-corrected chi connectivity index (χ3v) is 4.34. The quantitative estimate of drug-likeness (QED) is 0.615. The van der Waals surface area contributed by atoms with Crippen LogP contribution in [0, 0.1) is 0 Å². The van der Waals surface area contributed by atoms with E-state index in [4.69, 9.17) is 28.9 Å². The van der Waals surface area contributed by atoms with E-state index in [2.05, 4.69) is 0 Å². The molecule has 8 heteroatoms. The Morgan fingerprint density at radius 2 is 1.92 bits per heavy atom. The minimum atomic E-state index is -0.373. The molecule has 0 atom stereocenters. The van der Waals surface area contributed by atoms with Crippen LogP contribution in [0.15, 0.2) is 42.6 Å².